The first-order chi connectivity index (χ1) is 9.97. The van der Waals surface area contributed by atoms with Crippen molar-refractivity contribution in [3.63, 3.8) is 0 Å². The van der Waals surface area contributed by atoms with Crippen molar-refractivity contribution in [3.8, 4) is 0 Å². The van der Waals surface area contributed by atoms with Crippen molar-refractivity contribution in [3.05, 3.63) is 67.6 Å². The van der Waals surface area contributed by atoms with Gasteiger partial charge in [0.25, 0.3) is 0 Å². The molecule has 0 spiro atoms. The van der Waals surface area contributed by atoms with E-state index in [0.29, 0.717) is 21.6 Å². The van der Waals surface area contributed by atoms with E-state index in [1.165, 1.54) is 5.56 Å². The summed E-state index contributed by atoms with van der Waals surface area (Å²) < 4.78 is 0. The molecule has 1 atom stereocenters. The molecule has 2 rings (SSSR count). The molecule has 0 aliphatic rings. The fourth-order valence-electron chi connectivity index (χ4n) is 2.05. The minimum absolute atomic E-state index is 0.275. The molecule has 2 aromatic rings. The first kappa shape index (κ1) is 16.9. The van der Waals surface area contributed by atoms with E-state index in [-0.39, 0.29) is 6.04 Å². The Morgan fingerprint density at radius 3 is 2.19 bits per heavy atom. The van der Waals surface area contributed by atoms with Crippen LogP contribution in [0.25, 0.3) is 0 Å². The molecule has 0 aromatic heterocycles. The van der Waals surface area contributed by atoms with E-state index in [1.807, 2.05) is 24.3 Å². The van der Waals surface area contributed by atoms with Crippen LogP contribution in [0.2, 0.25) is 20.1 Å². The van der Waals surface area contributed by atoms with Crippen LogP contribution in [0.15, 0.2) is 36.4 Å². The molecule has 0 radical (unpaired) electrons. The second-order valence-corrected chi connectivity index (χ2v) is 6.56. The molecule has 1 nitrogen and oxygen atoms in total. The summed E-state index contributed by atoms with van der Waals surface area (Å²) in [6.07, 6.45) is 0.896. The standard InChI is InChI=1S/C16H15Cl4N/c1-10(8-11-2-4-12(17)5-3-11)21-9-13-14(18)6-7-15(19)16(13)20/h2-7,10,21H,8-9H2,1H3. The fraction of sp³-hybridized carbons (Fsp3) is 0.250. The van der Waals surface area contributed by atoms with Gasteiger partial charge in [-0.2, -0.15) is 0 Å². The minimum Gasteiger partial charge on any atom is -0.310 e. The molecule has 112 valence electrons. The molecule has 0 aliphatic heterocycles. The zero-order valence-electron chi connectivity index (χ0n) is 11.5. The molecule has 0 amide bonds. The second-order valence-electron chi connectivity index (χ2n) is 4.93. The molecule has 0 bridgehead atoms. The summed E-state index contributed by atoms with van der Waals surface area (Å²) in [5.41, 5.74) is 2.05. The smallest absolute Gasteiger partial charge is 0.0652 e. The van der Waals surface area contributed by atoms with Gasteiger partial charge in [-0.15, -0.1) is 0 Å². The van der Waals surface area contributed by atoms with Crippen molar-refractivity contribution >= 4 is 46.4 Å². The second kappa shape index (κ2) is 7.71. The van der Waals surface area contributed by atoms with Gasteiger partial charge in [-0.05, 0) is 43.2 Å². The molecular formula is C16H15Cl4N. The van der Waals surface area contributed by atoms with E-state index in [1.54, 1.807) is 12.1 Å². The van der Waals surface area contributed by atoms with Crippen LogP contribution >= 0.6 is 46.4 Å². The summed E-state index contributed by atoms with van der Waals surface area (Å²) in [6, 6.07) is 11.6. The lowest BCUT2D eigenvalue weighted by Gasteiger charge is -2.16. The van der Waals surface area contributed by atoms with Crippen LogP contribution in [0.4, 0.5) is 0 Å². The molecule has 0 fully saturated rings. The summed E-state index contributed by atoms with van der Waals surface area (Å²) in [5, 5.41) is 5.80. The van der Waals surface area contributed by atoms with Gasteiger partial charge >= 0.3 is 0 Å². The Labute approximate surface area is 145 Å². The lowest BCUT2D eigenvalue weighted by Crippen LogP contribution is -2.27. The van der Waals surface area contributed by atoms with Gasteiger partial charge in [0, 0.05) is 28.2 Å². The number of benzene rings is 2. The Bertz CT molecular complexity index is 610. The van der Waals surface area contributed by atoms with Gasteiger partial charge in [-0.1, -0.05) is 58.5 Å². The van der Waals surface area contributed by atoms with Crippen LogP contribution in [0.5, 0.6) is 0 Å². The van der Waals surface area contributed by atoms with Crippen LogP contribution < -0.4 is 5.32 Å². The lowest BCUT2D eigenvalue weighted by atomic mass is 10.1. The predicted molar refractivity (Wildman–Crippen MR) is 92.9 cm³/mol. The van der Waals surface area contributed by atoms with E-state index in [4.69, 9.17) is 46.4 Å². The molecular weight excluding hydrogens is 348 g/mol. The van der Waals surface area contributed by atoms with E-state index >= 15 is 0 Å². The molecule has 5 heteroatoms. The highest BCUT2D eigenvalue weighted by molar-refractivity contribution is 6.44. The predicted octanol–water partition coefficient (Wildman–Crippen LogP) is 6.02. The molecule has 1 N–H and O–H groups in total. The van der Waals surface area contributed by atoms with Crippen molar-refractivity contribution in [1.29, 1.82) is 0 Å². The SMILES string of the molecule is CC(Cc1ccc(Cl)cc1)NCc1c(Cl)ccc(Cl)c1Cl. The monoisotopic (exact) mass is 361 g/mol. The van der Waals surface area contributed by atoms with Gasteiger partial charge in [-0.25, -0.2) is 0 Å². The van der Waals surface area contributed by atoms with E-state index < -0.39 is 0 Å². The van der Waals surface area contributed by atoms with Crippen LogP contribution in [-0.4, -0.2) is 6.04 Å². The van der Waals surface area contributed by atoms with Gasteiger partial charge in [0.2, 0.25) is 0 Å². The maximum absolute atomic E-state index is 6.19. The van der Waals surface area contributed by atoms with Gasteiger partial charge in [0.15, 0.2) is 0 Å². The number of hydrogen-bond acceptors (Lipinski definition) is 1. The number of halogens is 4. The quantitative estimate of drug-likeness (QED) is 0.641. The van der Waals surface area contributed by atoms with Crippen molar-refractivity contribution in [2.75, 3.05) is 0 Å². The normalized spacial score (nSPS) is 12.4. The summed E-state index contributed by atoms with van der Waals surface area (Å²) in [7, 11) is 0. The zero-order chi connectivity index (χ0) is 15.4. The van der Waals surface area contributed by atoms with Crippen molar-refractivity contribution in [1.82, 2.24) is 5.32 Å². The van der Waals surface area contributed by atoms with Crippen molar-refractivity contribution in [2.45, 2.75) is 25.9 Å². The van der Waals surface area contributed by atoms with Gasteiger partial charge < -0.3 is 5.32 Å². The highest BCUT2D eigenvalue weighted by Gasteiger charge is 2.11. The van der Waals surface area contributed by atoms with Gasteiger partial charge in [0.05, 0.1) is 10.0 Å². The third kappa shape index (κ3) is 4.77. The zero-order valence-corrected chi connectivity index (χ0v) is 14.5. The van der Waals surface area contributed by atoms with E-state index in [2.05, 4.69) is 12.2 Å². The maximum atomic E-state index is 6.19. The largest absolute Gasteiger partial charge is 0.310 e. The van der Waals surface area contributed by atoms with Crippen LogP contribution in [0, 0.1) is 0 Å². The van der Waals surface area contributed by atoms with Crippen LogP contribution in [0.1, 0.15) is 18.1 Å². The number of rotatable bonds is 5. The van der Waals surface area contributed by atoms with Gasteiger partial charge in [-0.3, -0.25) is 0 Å². The number of nitrogens with one attached hydrogen (secondary N) is 1. The minimum atomic E-state index is 0.275. The fourth-order valence-corrected chi connectivity index (χ4v) is 2.86. The van der Waals surface area contributed by atoms with Crippen molar-refractivity contribution < 1.29 is 0 Å². The highest BCUT2D eigenvalue weighted by Crippen LogP contribution is 2.31. The Kier molecular flexibility index (Phi) is 6.21. The topological polar surface area (TPSA) is 12.0 Å². The van der Waals surface area contributed by atoms with Gasteiger partial charge in [0.1, 0.15) is 0 Å². The molecule has 2 aromatic carbocycles. The third-order valence-corrected chi connectivity index (χ3v) is 4.67. The molecule has 21 heavy (non-hydrogen) atoms. The Balaban J connectivity index is 1.97. The summed E-state index contributed by atoms with van der Waals surface area (Å²) >= 11 is 24.2. The third-order valence-electron chi connectivity index (χ3n) is 3.22. The molecule has 0 aliphatic carbocycles. The Morgan fingerprint density at radius 1 is 0.905 bits per heavy atom. The summed E-state index contributed by atoms with van der Waals surface area (Å²) in [5.74, 6) is 0. The Hall–Kier alpha value is -0.440. The summed E-state index contributed by atoms with van der Waals surface area (Å²) in [4.78, 5) is 0. The first-order valence-electron chi connectivity index (χ1n) is 6.57. The maximum Gasteiger partial charge on any atom is 0.0652 e. The Morgan fingerprint density at radius 2 is 1.52 bits per heavy atom. The first-order valence-corrected chi connectivity index (χ1v) is 8.08. The lowest BCUT2D eigenvalue weighted by molar-refractivity contribution is 0.545. The molecule has 1 unspecified atom stereocenters. The van der Waals surface area contributed by atoms with Crippen LogP contribution in [-0.2, 0) is 13.0 Å². The van der Waals surface area contributed by atoms with E-state index in [9.17, 15) is 0 Å². The molecule has 0 saturated carbocycles. The van der Waals surface area contributed by atoms with Crippen molar-refractivity contribution in [2.24, 2.45) is 0 Å². The molecule has 0 saturated heterocycles. The van der Waals surface area contributed by atoms with Crippen LogP contribution in [0.3, 0.4) is 0 Å². The highest BCUT2D eigenvalue weighted by atomic mass is 35.5. The molecule has 0 heterocycles. The summed E-state index contributed by atoms with van der Waals surface area (Å²) in [6.45, 7) is 2.69. The average molecular weight is 363 g/mol. The van der Waals surface area contributed by atoms with E-state index in [0.717, 1.165) is 17.0 Å². The average Bonchev–Trinajstić information content (AvgIpc) is 2.45. The number of hydrogen-bond donors (Lipinski definition) is 1.